The minimum absolute atomic E-state index is 0.0738. The number of halogens is 1. The van der Waals surface area contributed by atoms with Crippen LogP contribution in [0.4, 0.5) is 4.39 Å². The summed E-state index contributed by atoms with van der Waals surface area (Å²) in [6, 6.07) is 7.17. The van der Waals surface area contributed by atoms with Crippen molar-refractivity contribution in [2.75, 3.05) is 13.6 Å². The fourth-order valence-corrected chi connectivity index (χ4v) is 3.54. The van der Waals surface area contributed by atoms with E-state index in [0.717, 1.165) is 56.6 Å². The Balaban J connectivity index is 1.73. The molecule has 2 unspecified atom stereocenters. The van der Waals surface area contributed by atoms with Gasteiger partial charge in [0.25, 0.3) is 0 Å². The monoisotopic (exact) mass is 376 g/mol. The topological polar surface area (TPSA) is 65.5 Å². The lowest BCUT2D eigenvalue weighted by Gasteiger charge is -2.30. The van der Waals surface area contributed by atoms with Crippen LogP contribution < -0.4 is 16.0 Å². The number of aryl methyl sites for hydroxylation is 1. The number of nitrogens with zero attached hydrogens (tertiary/aromatic N) is 1. The summed E-state index contributed by atoms with van der Waals surface area (Å²) in [4.78, 5) is 16.6. The summed E-state index contributed by atoms with van der Waals surface area (Å²) in [6.45, 7) is 4.75. The van der Waals surface area contributed by atoms with E-state index in [0.29, 0.717) is 0 Å². The van der Waals surface area contributed by atoms with Crippen LogP contribution in [0.15, 0.2) is 29.3 Å². The Morgan fingerprint density at radius 3 is 2.85 bits per heavy atom. The molecule has 3 N–H and O–H groups in total. The molecule has 1 aliphatic carbocycles. The molecule has 0 radical (unpaired) electrons. The van der Waals surface area contributed by atoms with Crippen LogP contribution in [0.5, 0.6) is 0 Å². The molecule has 0 aromatic heterocycles. The van der Waals surface area contributed by atoms with Gasteiger partial charge in [-0.05, 0) is 63.6 Å². The van der Waals surface area contributed by atoms with Crippen LogP contribution in [0.25, 0.3) is 0 Å². The molecule has 6 heteroatoms. The lowest BCUT2D eigenvalue weighted by Crippen LogP contribution is -2.47. The van der Waals surface area contributed by atoms with Gasteiger partial charge in [-0.25, -0.2) is 4.39 Å². The molecule has 2 atom stereocenters. The van der Waals surface area contributed by atoms with Crippen molar-refractivity contribution < 1.29 is 9.18 Å². The van der Waals surface area contributed by atoms with Gasteiger partial charge in [-0.1, -0.05) is 18.6 Å². The minimum atomic E-state index is -0.189. The second kappa shape index (κ2) is 10.9. The summed E-state index contributed by atoms with van der Waals surface area (Å²) in [5, 5.41) is 9.80. The van der Waals surface area contributed by atoms with Gasteiger partial charge in [-0.3, -0.25) is 9.79 Å². The third-order valence-corrected chi connectivity index (χ3v) is 4.86. The van der Waals surface area contributed by atoms with E-state index >= 15 is 0 Å². The van der Waals surface area contributed by atoms with E-state index in [2.05, 4.69) is 20.9 Å². The number of carbonyl (C=O) groups excluding carboxylic acids is 1. The van der Waals surface area contributed by atoms with Gasteiger partial charge in [0.1, 0.15) is 5.82 Å². The summed E-state index contributed by atoms with van der Waals surface area (Å²) < 4.78 is 13.2. The first-order chi connectivity index (χ1) is 13.0. The molecule has 2 rings (SSSR count). The van der Waals surface area contributed by atoms with Gasteiger partial charge < -0.3 is 16.0 Å². The average Bonchev–Trinajstić information content (AvgIpc) is 2.64. The van der Waals surface area contributed by atoms with Crippen molar-refractivity contribution in [3.63, 3.8) is 0 Å². The van der Waals surface area contributed by atoms with Gasteiger partial charge in [0.2, 0.25) is 5.91 Å². The van der Waals surface area contributed by atoms with Crippen LogP contribution in [0.3, 0.4) is 0 Å². The molecule has 27 heavy (non-hydrogen) atoms. The number of rotatable bonds is 7. The predicted molar refractivity (Wildman–Crippen MR) is 108 cm³/mol. The normalized spacial score (nSPS) is 20.4. The number of hydrogen-bond acceptors (Lipinski definition) is 2. The van der Waals surface area contributed by atoms with E-state index in [1.54, 1.807) is 19.2 Å². The van der Waals surface area contributed by atoms with E-state index in [-0.39, 0.29) is 29.7 Å². The number of aliphatic imine (C=N–C) groups is 1. The van der Waals surface area contributed by atoms with Gasteiger partial charge >= 0.3 is 0 Å². The van der Waals surface area contributed by atoms with Crippen LogP contribution in [-0.4, -0.2) is 37.5 Å². The molecule has 1 aliphatic rings. The highest BCUT2D eigenvalue weighted by Gasteiger charge is 2.27. The molecule has 1 saturated carbocycles. The molecule has 1 aromatic rings. The molecular weight excluding hydrogens is 343 g/mol. The van der Waals surface area contributed by atoms with Crippen LogP contribution in [0.2, 0.25) is 0 Å². The van der Waals surface area contributed by atoms with Gasteiger partial charge in [0.05, 0.1) is 0 Å². The third kappa shape index (κ3) is 7.57. The quantitative estimate of drug-likeness (QED) is 0.389. The maximum absolute atomic E-state index is 13.2. The smallest absolute Gasteiger partial charge is 0.223 e. The van der Waals surface area contributed by atoms with Crippen molar-refractivity contribution in [1.29, 1.82) is 0 Å². The Morgan fingerprint density at radius 1 is 1.33 bits per heavy atom. The Hall–Kier alpha value is -2.11. The zero-order valence-corrected chi connectivity index (χ0v) is 16.7. The largest absolute Gasteiger partial charge is 0.356 e. The maximum atomic E-state index is 13.2. The van der Waals surface area contributed by atoms with Crippen molar-refractivity contribution in [2.45, 2.75) is 64.5 Å². The summed E-state index contributed by atoms with van der Waals surface area (Å²) >= 11 is 0. The van der Waals surface area contributed by atoms with Crippen LogP contribution >= 0.6 is 0 Å². The lowest BCUT2D eigenvalue weighted by molar-refractivity contribution is -0.126. The molecule has 0 saturated heterocycles. The second-order valence-corrected chi connectivity index (χ2v) is 7.60. The molecule has 150 valence electrons. The van der Waals surface area contributed by atoms with Gasteiger partial charge in [0, 0.05) is 31.6 Å². The van der Waals surface area contributed by atoms with Crippen molar-refractivity contribution >= 4 is 11.9 Å². The SMILES string of the molecule is CN=C(NCCCc1cccc(F)c1)NC1CCCC(C(=O)NC(C)C)C1. The Morgan fingerprint density at radius 2 is 2.15 bits per heavy atom. The zero-order valence-electron chi connectivity index (χ0n) is 16.7. The van der Waals surface area contributed by atoms with Gasteiger partial charge in [-0.15, -0.1) is 0 Å². The van der Waals surface area contributed by atoms with E-state index in [1.807, 2.05) is 19.9 Å². The summed E-state index contributed by atoms with van der Waals surface area (Å²) in [6.07, 6.45) is 5.61. The highest BCUT2D eigenvalue weighted by molar-refractivity contribution is 5.81. The van der Waals surface area contributed by atoms with Gasteiger partial charge in [-0.2, -0.15) is 0 Å². The Kier molecular flexibility index (Phi) is 8.55. The standard InChI is InChI=1S/C21H33FN4O/c1-15(2)25-20(27)17-9-5-11-19(14-17)26-21(23-3)24-12-6-8-16-7-4-10-18(22)13-16/h4,7,10,13,15,17,19H,5-6,8-9,11-12,14H2,1-3H3,(H,25,27)(H2,23,24,26). The molecule has 1 aromatic carbocycles. The van der Waals surface area contributed by atoms with E-state index in [4.69, 9.17) is 0 Å². The Bertz CT molecular complexity index is 632. The molecule has 5 nitrogen and oxygen atoms in total. The average molecular weight is 377 g/mol. The highest BCUT2D eigenvalue weighted by Crippen LogP contribution is 2.24. The number of hydrogen-bond donors (Lipinski definition) is 3. The fourth-order valence-electron chi connectivity index (χ4n) is 3.54. The Labute approximate surface area is 162 Å². The second-order valence-electron chi connectivity index (χ2n) is 7.60. The fraction of sp³-hybridized carbons (Fsp3) is 0.619. The summed E-state index contributed by atoms with van der Waals surface area (Å²) in [5.41, 5.74) is 1.01. The first-order valence-electron chi connectivity index (χ1n) is 10.00. The zero-order chi connectivity index (χ0) is 19.6. The number of nitrogens with one attached hydrogen (secondary N) is 3. The highest BCUT2D eigenvalue weighted by atomic mass is 19.1. The van der Waals surface area contributed by atoms with Gasteiger partial charge in [0.15, 0.2) is 5.96 Å². The summed E-state index contributed by atoms with van der Waals surface area (Å²) in [7, 11) is 1.76. The minimum Gasteiger partial charge on any atom is -0.356 e. The number of benzene rings is 1. The van der Waals surface area contributed by atoms with Crippen molar-refractivity contribution in [3.05, 3.63) is 35.6 Å². The first-order valence-corrected chi connectivity index (χ1v) is 10.00. The molecule has 1 amide bonds. The molecule has 1 fully saturated rings. The predicted octanol–water partition coefficient (Wildman–Crippen LogP) is 3.01. The van der Waals surface area contributed by atoms with Crippen molar-refractivity contribution in [1.82, 2.24) is 16.0 Å². The molecular formula is C21H33FN4O. The molecule has 0 spiro atoms. The van der Waals surface area contributed by atoms with E-state index in [1.165, 1.54) is 6.07 Å². The number of carbonyl (C=O) groups is 1. The van der Waals surface area contributed by atoms with Crippen LogP contribution in [0.1, 0.15) is 51.5 Å². The number of amides is 1. The molecule has 0 heterocycles. The first kappa shape index (κ1) is 21.2. The van der Waals surface area contributed by atoms with E-state index in [9.17, 15) is 9.18 Å². The van der Waals surface area contributed by atoms with E-state index < -0.39 is 0 Å². The lowest BCUT2D eigenvalue weighted by atomic mass is 9.85. The molecule has 0 bridgehead atoms. The van der Waals surface area contributed by atoms with Crippen molar-refractivity contribution in [2.24, 2.45) is 10.9 Å². The molecule has 0 aliphatic heterocycles. The number of guanidine groups is 1. The maximum Gasteiger partial charge on any atom is 0.223 e. The van der Waals surface area contributed by atoms with Crippen LogP contribution in [0, 0.1) is 11.7 Å². The van der Waals surface area contributed by atoms with Crippen LogP contribution in [-0.2, 0) is 11.2 Å². The van der Waals surface area contributed by atoms with Crippen molar-refractivity contribution in [3.8, 4) is 0 Å². The third-order valence-electron chi connectivity index (χ3n) is 4.86. The summed E-state index contributed by atoms with van der Waals surface area (Å²) in [5.74, 6) is 0.815.